The molecule has 0 bridgehead atoms. The van der Waals surface area contributed by atoms with Crippen LogP contribution in [0.15, 0.2) is 0 Å². The molecule has 0 aliphatic heterocycles. The SMILES string of the molecule is CCCCCCCC[C@@H](CN)CCC. The summed E-state index contributed by atoms with van der Waals surface area (Å²) in [6.07, 6.45) is 12.4. The molecule has 1 heteroatoms. The van der Waals surface area contributed by atoms with Crippen LogP contribution in [0.2, 0.25) is 0 Å². The number of unbranched alkanes of at least 4 members (excludes halogenated alkanes) is 5. The summed E-state index contributed by atoms with van der Waals surface area (Å²) in [6, 6.07) is 0. The third-order valence-corrected chi connectivity index (χ3v) is 3.00. The Labute approximate surface area is 90.5 Å². The van der Waals surface area contributed by atoms with Crippen LogP contribution in [0.3, 0.4) is 0 Å². The highest BCUT2D eigenvalue weighted by Crippen LogP contribution is 2.15. The van der Waals surface area contributed by atoms with Crippen LogP contribution in [0.5, 0.6) is 0 Å². The van der Waals surface area contributed by atoms with E-state index in [-0.39, 0.29) is 0 Å². The number of hydrogen-bond acceptors (Lipinski definition) is 1. The average molecular weight is 199 g/mol. The van der Waals surface area contributed by atoms with E-state index in [1.54, 1.807) is 0 Å². The maximum atomic E-state index is 5.72. The first-order valence-corrected chi connectivity index (χ1v) is 6.55. The van der Waals surface area contributed by atoms with Gasteiger partial charge in [-0.2, -0.15) is 0 Å². The largest absolute Gasteiger partial charge is 0.330 e. The minimum Gasteiger partial charge on any atom is -0.330 e. The molecule has 0 spiro atoms. The van der Waals surface area contributed by atoms with Crippen LogP contribution >= 0.6 is 0 Å². The van der Waals surface area contributed by atoms with Crippen molar-refractivity contribution in [2.45, 2.75) is 71.6 Å². The van der Waals surface area contributed by atoms with E-state index in [1.165, 1.54) is 57.8 Å². The van der Waals surface area contributed by atoms with Crippen LogP contribution < -0.4 is 5.73 Å². The molecule has 0 aliphatic rings. The van der Waals surface area contributed by atoms with Gasteiger partial charge in [0.2, 0.25) is 0 Å². The van der Waals surface area contributed by atoms with Gasteiger partial charge < -0.3 is 5.73 Å². The zero-order chi connectivity index (χ0) is 10.6. The van der Waals surface area contributed by atoms with Crippen LogP contribution in [0, 0.1) is 5.92 Å². The molecular formula is C13H29N. The van der Waals surface area contributed by atoms with Gasteiger partial charge in [-0.15, -0.1) is 0 Å². The smallest absolute Gasteiger partial charge is 0.00489 e. The molecule has 0 fully saturated rings. The third kappa shape index (κ3) is 8.55. The highest BCUT2D eigenvalue weighted by Gasteiger charge is 2.04. The summed E-state index contributed by atoms with van der Waals surface area (Å²) in [6.45, 7) is 5.42. The topological polar surface area (TPSA) is 26.0 Å². The summed E-state index contributed by atoms with van der Waals surface area (Å²) in [5.74, 6) is 0.797. The molecule has 0 unspecified atom stereocenters. The molecule has 14 heavy (non-hydrogen) atoms. The summed E-state index contributed by atoms with van der Waals surface area (Å²) in [5, 5.41) is 0. The van der Waals surface area contributed by atoms with E-state index >= 15 is 0 Å². The zero-order valence-electron chi connectivity index (χ0n) is 10.2. The Bertz CT molecular complexity index is 101. The van der Waals surface area contributed by atoms with Crippen molar-refractivity contribution in [2.75, 3.05) is 6.54 Å². The van der Waals surface area contributed by atoms with Gasteiger partial charge in [0.05, 0.1) is 0 Å². The second-order valence-corrected chi connectivity index (χ2v) is 4.45. The Morgan fingerprint density at radius 1 is 0.786 bits per heavy atom. The molecule has 0 amide bonds. The van der Waals surface area contributed by atoms with Crippen molar-refractivity contribution in [1.29, 1.82) is 0 Å². The van der Waals surface area contributed by atoms with Gasteiger partial charge in [-0.1, -0.05) is 58.8 Å². The predicted molar refractivity (Wildman–Crippen MR) is 65.4 cm³/mol. The second kappa shape index (κ2) is 11.0. The van der Waals surface area contributed by atoms with Crippen molar-refractivity contribution in [3.8, 4) is 0 Å². The zero-order valence-corrected chi connectivity index (χ0v) is 10.2. The fourth-order valence-electron chi connectivity index (χ4n) is 2.00. The van der Waals surface area contributed by atoms with Gasteiger partial charge in [0, 0.05) is 0 Å². The van der Waals surface area contributed by atoms with E-state index in [0.29, 0.717) is 0 Å². The lowest BCUT2D eigenvalue weighted by Crippen LogP contribution is -2.13. The van der Waals surface area contributed by atoms with Crippen LogP contribution in [0.25, 0.3) is 0 Å². The molecule has 0 aromatic heterocycles. The van der Waals surface area contributed by atoms with E-state index < -0.39 is 0 Å². The minimum absolute atomic E-state index is 0.797. The van der Waals surface area contributed by atoms with Crippen LogP contribution in [0.4, 0.5) is 0 Å². The summed E-state index contributed by atoms with van der Waals surface area (Å²) in [7, 11) is 0. The Morgan fingerprint density at radius 2 is 1.43 bits per heavy atom. The molecule has 0 heterocycles. The third-order valence-electron chi connectivity index (χ3n) is 3.00. The molecule has 0 aromatic carbocycles. The van der Waals surface area contributed by atoms with Gasteiger partial charge in [0.1, 0.15) is 0 Å². The van der Waals surface area contributed by atoms with Crippen LogP contribution in [-0.4, -0.2) is 6.54 Å². The molecule has 2 N–H and O–H groups in total. The summed E-state index contributed by atoms with van der Waals surface area (Å²) >= 11 is 0. The van der Waals surface area contributed by atoms with Crippen molar-refractivity contribution in [1.82, 2.24) is 0 Å². The van der Waals surface area contributed by atoms with Crippen molar-refractivity contribution in [3.63, 3.8) is 0 Å². The monoisotopic (exact) mass is 199 g/mol. The fraction of sp³-hybridized carbons (Fsp3) is 1.00. The Balaban J connectivity index is 3.15. The van der Waals surface area contributed by atoms with Crippen LogP contribution in [0.1, 0.15) is 71.6 Å². The van der Waals surface area contributed by atoms with E-state index in [9.17, 15) is 0 Å². The quantitative estimate of drug-likeness (QED) is 0.526. The number of rotatable bonds is 10. The fourth-order valence-corrected chi connectivity index (χ4v) is 2.00. The first-order valence-electron chi connectivity index (χ1n) is 6.55. The minimum atomic E-state index is 0.797. The molecule has 86 valence electrons. The van der Waals surface area contributed by atoms with Gasteiger partial charge >= 0.3 is 0 Å². The first-order chi connectivity index (χ1) is 6.85. The van der Waals surface area contributed by atoms with Crippen molar-refractivity contribution < 1.29 is 0 Å². The molecule has 0 radical (unpaired) electrons. The van der Waals surface area contributed by atoms with Crippen molar-refractivity contribution in [2.24, 2.45) is 11.7 Å². The lowest BCUT2D eigenvalue weighted by Gasteiger charge is -2.12. The Morgan fingerprint density at radius 3 is 2.00 bits per heavy atom. The Kier molecular flexibility index (Phi) is 11.0. The van der Waals surface area contributed by atoms with Gasteiger partial charge in [-0.3, -0.25) is 0 Å². The lowest BCUT2D eigenvalue weighted by molar-refractivity contribution is 0.428. The highest BCUT2D eigenvalue weighted by molar-refractivity contribution is 4.59. The molecule has 1 nitrogen and oxygen atoms in total. The second-order valence-electron chi connectivity index (χ2n) is 4.45. The number of hydrogen-bond donors (Lipinski definition) is 1. The Hall–Kier alpha value is -0.0400. The summed E-state index contributed by atoms with van der Waals surface area (Å²) in [4.78, 5) is 0. The van der Waals surface area contributed by atoms with Crippen molar-refractivity contribution in [3.05, 3.63) is 0 Å². The maximum absolute atomic E-state index is 5.72. The standard InChI is InChI=1S/C13H29N/c1-3-5-6-7-8-9-11-13(12-14)10-4-2/h13H,3-12,14H2,1-2H3/t13-/m0/s1. The lowest BCUT2D eigenvalue weighted by atomic mass is 9.96. The highest BCUT2D eigenvalue weighted by atomic mass is 14.5. The molecule has 0 saturated carbocycles. The molecule has 1 atom stereocenters. The van der Waals surface area contributed by atoms with Gasteiger partial charge in [-0.05, 0) is 25.3 Å². The van der Waals surface area contributed by atoms with E-state index in [2.05, 4.69) is 13.8 Å². The molecule has 0 rings (SSSR count). The van der Waals surface area contributed by atoms with Crippen molar-refractivity contribution >= 4 is 0 Å². The molecule has 0 aliphatic carbocycles. The molecular weight excluding hydrogens is 170 g/mol. The summed E-state index contributed by atoms with van der Waals surface area (Å²) in [5.41, 5.74) is 5.72. The number of nitrogens with two attached hydrogens (primary N) is 1. The molecule has 0 aromatic rings. The predicted octanol–water partition coefficient (Wildman–Crippen LogP) is 4.11. The maximum Gasteiger partial charge on any atom is -0.00489 e. The average Bonchev–Trinajstić information content (AvgIpc) is 2.21. The van der Waals surface area contributed by atoms with E-state index in [1.807, 2.05) is 0 Å². The van der Waals surface area contributed by atoms with Crippen LogP contribution in [-0.2, 0) is 0 Å². The first kappa shape index (κ1) is 14.0. The van der Waals surface area contributed by atoms with Gasteiger partial charge in [-0.25, -0.2) is 0 Å². The van der Waals surface area contributed by atoms with Gasteiger partial charge in [0.25, 0.3) is 0 Å². The normalized spacial score (nSPS) is 13.1. The van der Waals surface area contributed by atoms with Gasteiger partial charge in [0.15, 0.2) is 0 Å². The molecule has 0 saturated heterocycles. The van der Waals surface area contributed by atoms with E-state index in [4.69, 9.17) is 5.73 Å². The van der Waals surface area contributed by atoms with E-state index in [0.717, 1.165) is 12.5 Å². The summed E-state index contributed by atoms with van der Waals surface area (Å²) < 4.78 is 0.